The van der Waals surface area contributed by atoms with Gasteiger partial charge in [-0.2, -0.15) is 0 Å². The molecule has 3 N–H and O–H groups in total. The van der Waals surface area contributed by atoms with Gasteiger partial charge in [0.05, 0.1) is 5.52 Å². The van der Waals surface area contributed by atoms with E-state index >= 15 is 0 Å². The van der Waals surface area contributed by atoms with Crippen LogP contribution in [-0.4, -0.2) is 27.2 Å². The lowest BCUT2D eigenvalue weighted by Gasteiger charge is -2.16. The topological polar surface area (TPSA) is 68.0 Å². The number of benzene rings is 1. The lowest BCUT2D eigenvalue weighted by atomic mass is 10.1. The van der Waals surface area contributed by atoms with Crippen LogP contribution in [-0.2, 0) is 10.8 Å². The smallest absolute Gasteiger partial charge is 0.0727 e. The molecule has 0 amide bonds. The molecule has 2 atom stereocenters. The van der Waals surface area contributed by atoms with Crippen molar-refractivity contribution in [2.24, 2.45) is 0 Å². The van der Waals surface area contributed by atoms with Crippen molar-refractivity contribution in [1.29, 1.82) is 0 Å². The maximum Gasteiger partial charge on any atom is 0.0727 e. The summed E-state index contributed by atoms with van der Waals surface area (Å²) in [5.74, 6) is 0.616. The predicted octanol–water partition coefficient (Wildman–Crippen LogP) is 2.30. The van der Waals surface area contributed by atoms with E-state index in [1.807, 2.05) is 38.1 Å². The van der Waals surface area contributed by atoms with Gasteiger partial charge in [-0.25, -0.2) is 0 Å². The van der Waals surface area contributed by atoms with Crippen LogP contribution < -0.4 is 11.1 Å². The Kier molecular flexibility index (Phi) is 4.04. The Morgan fingerprint density at radius 3 is 2.84 bits per heavy atom. The SMILES string of the molecule is Cc1cc(NC(C)CS(C)=O)c2cc(N)ccc2n1. The maximum absolute atomic E-state index is 11.3. The largest absolute Gasteiger partial charge is 0.399 e. The fourth-order valence-electron chi connectivity index (χ4n) is 2.15. The minimum atomic E-state index is -0.816. The summed E-state index contributed by atoms with van der Waals surface area (Å²) in [7, 11) is -0.816. The minimum absolute atomic E-state index is 0.136. The normalized spacial score (nSPS) is 14.3. The van der Waals surface area contributed by atoms with Crippen molar-refractivity contribution in [2.45, 2.75) is 19.9 Å². The van der Waals surface area contributed by atoms with Crippen LogP contribution in [0.25, 0.3) is 10.9 Å². The Balaban J connectivity index is 2.40. The van der Waals surface area contributed by atoms with Crippen LogP contribution in [0.4, 0.5) is 11.4 Å². The number of nitrogen functional groups attached to an aromatic ring is 1. The molecule has 1 heterocycles. The van der Waals surface area contributed by atoms with E-state index in [2.05, 4.69) is 10.3 Å². The summed E-state index contributed by atoms with van der Waals surface area (Å²) < 4.78 is 11.3. The van der Waals surface area contributed by atoms with E-state index in [0.717, 1.165) is 22.3 Å². The summed E-state index contributed by atoms with van der Waals surface area (Å²) >= 11 is 0. The molecule has 19 heavy (non-hydrogen) atoms. The Morgan fingerprint density at radius 2 is 2.16 bits per heavy atom. The van der Waals surface area contributed by atoms with Gasteiger partial charge in [0.15, 0.2) is 0 Å². The molecule has 0 fully saturated rings. The Morgan fingerprint density at radius 1 is 1.42 bits per heavy atom. The van der Waals surface area contributed by atoms with Crippen molar-refractivity contribution in [1.82, 2.24) is 4.98 Å². The van der Waals surface area contributed by atoms with Gasteiger partial charge in [-0.05, 0) is 38.1 Å². The fraction of sp³-hybridized carbons (Fsp3) is 0.357. The van der Waals surface area contributed by atoms with E-state index in [1.54, 1.807) is 6.26 Å². The number of aromatic nitrogens is 1. The van der Waals surface area contributed by atoms with Gasteiger partial charge in [0, 0.05) is 51.3 Å². The van der Waals surface area contributed by atoms with Gasteiger partial charge in [-0.15, -0.1) is 0 Å². The van der Waals surface area contributed by atoms with Crippen LogP contribution in [0, 0.1) is 6.92 Å². The van der Waals surface area contributed by atoms with Gasteiger partial charge in [0.1, 0.15) is 0 Å². The van der Waals surface area contributed by atoms with Crippen molar-refractivity contribution in [3.8, 4) is 0 Å². The van der Waals surface area contributed by atoms with Crippen molar-refractivity contribution in [2.75, 3.05) is 23.1 Å². The zero-order chi connectivity index (χ0) is 14.0. The van der Waals surface area contributed by atoms with Crippen LogP contribution in [0.1, 0.15) is 12.6 Å². The van der Waals surface area contributed by atoms with Gasteiger partial charge in [-0.1, -0.05) is 0 Å². The molecule has 0 aliphatic rings. The molecule has 0 aliphatic carbocycles. The molecule has 0 saturated heterocycles. The first-order chi connectivity index (χ1) is 8.95. The second kappa shape index (κ2) is 5.57. The summed E-state index contributed by atoms with van der Waals surface area (Å²) in [6.07, 6.45) is 1.71. The summed E-state index contributed by atoms with van der Waals surface area (Å²) in [4.78, 5) is 4.49. The number of nitrogens with one attached hydrogen (secondary N) is 1. The molecule has 2 unspecified atom stereocenters. The highest BCUT2D eigenvalue weighted by molar-refractivity contribution is 7.84. The molecular weight excluding hydrogens is 258 g/mol. The molecule has 2 rings (SSSR count). The van der Waals surface area contributed by atoms with Crippen molar-refractivity contribution in [3.63, 3.8) is 0 Å². The fourth-order valence-corrected chi connectivity index (χ4v) is 2.94. The molecule has 0 aliphatic heterocycles. The molecule has 5 heteroatoms. The molecule has 0 bridgehead atoms. The van der Waals surface area contributed by atoms with Gasteiger partial charge < -0.3 is 11.1 Å². The van der Waals surface area contributed by atoms with Gasteiger partial charge in [0.2, 0.25) is 0 Å². The third kappa shape index (κ3) is 3.44. The first-order valence-corrected chi connectivity index (χ1v) is 7.92. The number of pyridine rings is 1. The molecule has 102 valence electrons. The second-order valence-electron chi connectivity index (χ2n) is 4.87. The van der Waals surface area contributed by atoms with Crippen molar-refractivity contribution in [3.05, 3.63) is 30.0 Å². The number of nitrogens with zero attached hydrogens (tertiary/aromatic N) is 1. The highest BCUT2D eigenvalue weighted by atomic mass is 32.2. The van der Waals surface area contributed by atoms with Gasteiger partial charge in [-0.3, -0.25) is 9.19 Å². The van der Waals surface area contributed by atoms with Crippen LogP contribution >= 0.6 is 0 Å². The highest BCUT2D eigenvalue weighted by Crippen LogP contribution is 2.25. The van der Waals surface area contributed by atoms with E-state index in [1.165, 1.54) is 0 Å². The number of aryl methyl sites for hydroxylation is 1. The predicted molar refractivity (Wildman–Crippen MR) is 82.9 cm³/mol. The second-order valence-corrected chi connectivity index (χ2v) is 6.35. The van der Waals surface area contributed by atoms with Crippen molar-refractivity contribution < 1.29 is 4.21 Å². The summed E-state index contributed by atoms with van der Waals surface area (Å²) in [6, 6.07) is 7.82. The Bertz CT molecular complexity index is 627. The van der Waals surface area contributed by atoms with E-state index in [-0.39, 0.29) is 6.04 Å². The summed E-state index contributed by atoms with van der Waals surface area (Å²) in [6.45, 7) is 3.99. The molecular formula is C14H19N3OS. The number of fused-ring (bicyclic) bond motifs is 1. The zero-order valence-corrected chi connectivity index (χ0v) is 12.3. The van der Waals surface area contributed by atoms with E-state index in [4.69, 9.17) is 5.73 Å². The third-order valence-electron chi connectivity index (χ3n) is 2.85. The lowest BCUT2D eigenvalue weighted by Crippen LogP contribution is -2.22. The molecule has 1 aromatic heterocycles. The Hall–Kier alpha value is -1.62. The maximum atomic E-state index is 11.3. The Labute approximate surface area is 115 Å². The number of nitrogens with two attached hydrogens (primary N) is 1. The molecule has 4 nitrogen and oxygen atoms in total. The average Bonchev–Trinajstić information content (AvgIpc) is 2.28. The first kappa shape index (κ1) is 13.8. The third-order valence-corrected chi connectivity index (χ3v) is 3.82. The summed E-state index contributed by atoms with van der Waals surface area (Å²) in [5.41, 5.74) is 9.41. The number of hydrogen-bond acceptors (Lipinski definition) is 4. The van der Waals surface area contributed by atoms with Crippen LogP contribution in [0.15, 0.2) is 24.3 Å². The number of rotatable bonds is 4. The monoisotopic (exact) mass is 277 g/mol. The van der Waals surface area contributed by atoms with Gasteiger partial charge in [0.25, 0.3) is 0 Å². The minimum Gasteiger partial charge on any atom is -0.399 e. The summed E-state index contributed by atoms with van der Waals surface area (Å²) in [5, 5.41) is 4.40. The number of anilines is 2. The molecule has 2 aromatic rings. The molecule has 1 aromatic carbocycles. The molecule has 0 saturated carbocycles. The van der Waals surface area contributed by atoms with Crippen LogP contribution in [0.3, 0.4) is 0 Å². The van der Waals surface area contributed by atoms with E-state index in [9.17, 15) is 4.21 Å². The first-order valence-electron chi connectivity index (χ1n) is 6.19. The average molecular weight is 277 g/mol. The standard InChI is InChI=1S/C14H19N3OS/c1-9-6-14(17-10(2)8-19(3)18)12-7-11(15)4-5-13(12)16-9/h4-7,10H,8,15H2,1-3H3,(H,16,17). The van der Waals surface area contributed by atoms with Gasteiger partial charge >= 0.3 is 0 Å². The quantitative estimate of drug-likeness (QED) is 0.842. The van der Waals surface area contributed by atoms with E-state index < -0.39 is 10.8 Å². The lowest BCUT2D eigenvalue weighted by molar-refractivity contribution is 0.683. The molecule has 0 spiro atoms. The van der Waals surface area contributed by atoms with Crippen molar-refractivity contribution >= 4 is 33.1 Å². The van der Waals surface area contributed by atoms with Crippen LogP contribution in [0.2, 0.25) is 0 Å². The zero-order valence-electron chi connectivity index (χ0n) is 11.4. The molecule has 0 radical (unpaired) electrons. The van der Waals surface area contributed by atoms with Crippen LogP contribution in [0.5, 0.6) is 0 Å². The van der Waals surface area contributed by atoms with E-state index in [0.29, 0.717) is 11.4 Å². The highest BCUT2D eigenvalue weighted by Gasteiger charge is 2.09. The number of hydrogen-bond donors (Lipinski definition) is 2.